The quantitative estimate of drug-likeness (QED) is 0.694. The van der Waals surface area contributed by atoms with Crippen LogP contribution in [0, 0.1) is 6.92 Å². The number of nitrogens with zero attached hydrogens (tertiary/aromatic N) is 1. The number of halogens is 2. The topological polar surface area (TPSA) is 59.4 Å². The first-order chi connectivity index (χ1) is 11.4. The van der Waals surface area contributed by atoms with Gasteiger partial charge in [-0.05, 0) is 42.8 Å². The van der Waals surface area contributed by atoms with Crippen molar-refractivity contribution < 1.29 is 14.6 Å². The summed E-state index contributed by atoms with van der Waals surface area (Å²) in [7, 11) is 1.53. The third-order valence-corrected chi connectivity index (χ3v) is 4.55. The second kappa shape index (κ2) is 6.30. The smallest absolute Gasteiger partial charge is 0.336 e. The molecule has 1 heterocycles. The lowest BCUT2D eigenvalue weighted by Crippen LogP contribution is -2.01. The highest BCUT2D eigenvalue weighted by Crippen LogP contribution is 2.33. The highest BCUT2D eigenvalue weighted by Gasteiger charge is 2.16. The number of aromatic nitrogens is 1. The first-order valence-corrected chi connectivity index (χ1v) is 7.85. The zero-order valence-corrected chi connectivity index (χ0v) is 14.4. The van der Waals surface area contributed by atoms with E-state index in [0.29, 0.717) is 38.0 Å². The van der Waals surface area contributed by atoms with Gasteiger partial charge in [0.2, 0.25) is 0 Å². The molecule has 4 nitrogen and oxygen atoms in total. The maximum absolute atomic E-state index is 11.7. The molecular formula is C18H13Cl2NO3. The van der Waals surface area contributed by atoms with Gasteiger partial charge in [0.15, 0.2) is 0 Å². The summed E-state index contributed by atoms with van der Waals surface area (Å²) in [5, 5.41) is 11.1. The van der Waals surface area contributed by atoms with Crippen LogP contribution in [-0.2, 0) is 0 Å². The van der Waals surface area contributed by atoms with E-state index in [-0.39, 0.29) is 5.56 Å². The summed E-state index contributed by atoms with van der Waals surface area (Å²) >= 11 is 12.3. The Bertz CT molecular complexity index is 970. The number of ether oxygens (including phenoxy) is 1. The Kier molecular flexibility index (Phi) is 4.35. The van der Waals surface area contributed by atoms with Crippen LogP contribution in [0.15, 0.2) is 36.4 Å². The lowest BCUT2D eigenvalue weighted by molar-refractivity contribution is 0.0699. The lowest BCUT2D eigenvalue weighted by atomic mass is 10.0. The molecule has 0 bridgehead atoms. The van der Waals surface area contributed by atoms with E-state index in [4.69, 9.17) is 27.9 Å². The van der Waals surface area contributed by atoms with Gasteiger partial charge in [-0.25, -0.2) is 9.78 Å². The molecule has 0 atom stereocenters. The first kappa shape index (κ1) is 16.6. The molecule has 1 N–H and O–H groups in total. The summed E-state index contributed by atoms with van der Waals surface area (Å²) in [5.74, 6) is -0.483. The second-order valence-corrected chi connectivity index (χ2v) is 6.09. The van der Waals surface area contributed by atoms with E-state index in [2.05, 4.69) is 4.98 Å². The van der Waals surface area contributed by atoms with Crippen molar-refractivity contribution in [3.05, 3.63) is 57.6 Å². The van der Waals surface area contributed by atoms with E-state index >= 15 is 0 Å². The van der Waals surface area contributed by atoms with Crippen molar-refractivity contribution in [1.29, 1.82) is 0 Å². The van der Waals surface area contributed by atoms with Crippen LogP contribution in [0.3, 0.4) is 0 Å². The molecule has 0 saturated carbocycles. The van der Waals surface area contributed by atoms with Crippen LogP contribution in [0.2, 0.25) is 10.0 Å². The summed E-state index contributed by atoms with van der Waals surface area (Å²) in [6, 6.07) is 10.1. The zero-order chi connectivity index (χ0) is 17.4. The fourth-order valence-corrected chi connectivity index (χ4v) is 2.96. The monoisotopic (exact) mass is 361 g/mol. The van der Waals surface area contributed by atoms with Crippen LogP contribution in [0.25, 0.3) is 22.2 Å². The Morgan fingerprint density at radius 2 is 1.88 bits per heavy atom. The van der Waals surface area contributed by atoms with Crippen LogP contribution < -0.4 is 4.74 Å². The molecule has 3 rings (SSSR count). The van der Waals surface area contributed by atoms with Gasteiger partial charge in [0, 0.05) is 16.0 Å². The number of fused-ring (bicyclic) bond motifs is 1. The highest BCUT2D eigenvalue weighted by atomic mass is 35.5. The van der Waals surface area contributed by atoms with Gasteiger partial charge in [0.1, 0.15) is 5.75 Å². The van der Waals surface area contributed by atoms with Crippen molar-refractivity contribution in [2.24, 2.45) is 0 Å². The first-order valence-electron chi connectivity index (χ1n) is 7.09. The Morgan fingerprint density at radius 3 is 2.50 bits per heavy atom. The molecule has 122 valence electrons. The number of rotatable bonds is 3. The number of carboxylic acid groups (broad SMARTS) is 1. The second-order valence-electron chi connectivity index (χ2n) is 5.28. The number of aromatic carboxylic acids is 1. The van der Waals surface area contributed by atoms with E-state index in [1.807, 2.05) is 6.92 Å². The van der Waals surface area contributed by atoms with Gasteiger partial charge in [0.05, 0.1) is 28.9 Å². The molecule has 0 aliphatic rings. The summed E-state index contributed by atoms with van der Waals surface area (Å²) in [6.45, 7) is 1.81. The molecule has 0 amide bonds. The van der Waals surface area contributed by atoms with Gasteiger partial charge in [-0.1, -0.05) is 29.3 Å². The van der Waals surface area contributed by atoms with Crippen LogP contribution in [-0.4, -0.2) is 23.2 Å². The maximum atomic E-state index is 11.7. The molecule has 1 aromatic heterocycles. The van der Waals surface area contributed by atoms with E-state index in [1.165, 1.54) is 13.2 Å². The molecule has 6 heteroatoms. The summed E-state index contributed by atoms with van der Waals surface area (Å²) in [5.41, 5.74) is 2.67. The summed E-state index contributed by atoms with van der Waals surface area (Å²) in [6.07, 6.45) is 0. The molecule has 0 saturated heterocycles. The molecule has 2 aromatic carbocycles. The molecular weight excluding hydrogens is 349 g/mol. The van der Waals surface area contributed by atoms with Gasteiger partial charge in [0.25, 0.3) is 0 Å². The van der Waals surface area contributed by atoms with Crippen molar-refractivity contribution in [1.82, 2.24) is 4.98 Å². The van der Waals surface area contributed by atoms with Crippen molar-refractivity contribution in [3.8, 4) is 17.0 Å². The fourth-order valence-electron chi connectivity index (χ4n) is 2.55. The number of pyridine rings is 1. The number of benzene rings is 2. The van der Waals surface area contributed by atoms with E-state index in [0.717, 1.165) is 5.56 Å². The van der Waals surface area contributed by atoms with Gasteiger partial charge in [-0.15, -0.1) is 0 Å². The number of carbonyl (C=O) groups is 1. The molecule has 0 fully saturated rings. The number of aryl methyl sites for hydroxylation is 1. The largest absolute Gasteiger partial charge is 0.495 e. The van der Waals surface area contributed by atoms with E-state index < -0.39 is 5.97 Å². The average molecular weight is 362 g/mol. The molecule has 3 aromatic rings. The molecule has 24 heavy (non-hydrogen) atoms. The summed E-state index contributed by atoms with van der Waals surface area (Å²) in [4.78, 5) is 16.3. The van der Waals surface area contributed by atoms with E-state index in [9.17, 15) is 9.90 Å². The molecule has 0 aliphatic heterocycles. The van der Waals surface area contributed by atoms with Crippen LogP contribution >= 0.6 is 23.2 Å². The number of hydrogen-bond acceptors (Lipinski definition) is 3. The predicted molar refractivity (Wildman–Crippen MR) is 95.4 cm³/mol. The minimum atomic E-state index is -1.02. The SMILES string of the molecule is COc1ccc(-c2cc(C(=O)O)c3ccc(Cl)c(C)c3n2)cc1Cl. The molecule has 0 aliphatic carbocycles. The zero-order valence-electron chi connectivity index (χ0n) is 12.9. The number of hydrogen-bond donors (Lipinski definition) is 1. The maximum Gasteiger partial charge on any atom is 0.336 e. The average Bonchev–Trinajstić information content (AvgIpc) is 2.57. The van der Waals surface area contributed by atoms with E-state index in [1.54, 1.807) is 30.3 Å². The third-order valence-electron chi connectivity index (χ3n) is 3.85. The van der Waals surface area contributed by atoms with Crippen molar-refractivity contribution in [2.75, 3.05) is 7.11 Å². The highest BCUT2D eigenvalue weighted by molar-refractivity contribution is 6.32. The molecule has 0 unspecified atom stereocenters. The Hall–Kier alpha value is -2.30. The fraction of sp³-hybridized carbons (Fsp3) is 0.111. The van der Waals surface area contributed by atoms with Gasteiger partial charge in [-0.2, -0.15) is 0 Å². The number of carboxylic acids is 1. The Morgan fingerprint density at radius 1 is 1.12 bits per heavy atom. The molecule has 0 radical (unpaired) electrons. The van der Waals surface area contributed by atoms with Gasteiger partial charge in [-0.3, -0.25) is 0 Å². The predicted octanol–water partition coefficient (Wildman–Crippen LogP) is 5.22. The van der Waals surface area contributed by atoms with Crippen LogP contribution in [0.4, 0.5) is 0 Å². The number of methoxy groups -OCH3 is 1. The lowest BCUT2D eigenvalue weighted by Gasteiger charge is -2.11. The minimum absolute atomic E-state index is 0.168. The van der Waals surface area contributed by atoms with Gasteiger partial charge < -0.3 is 9.84 Å². The van der Waals surface area contributed by atoms with Crippen LogP contribution in [0.1, 0.15) is 15.9 Å². The Labute approximate surface area is 148 Å². The Balaban J connectivity index is 2.31. The van der Waals surface area contributed by atoms with Crippen molar-refractivity contribution >= 4 is 40.1 Å². The standard InChI is InChI=1S/C18H13Cl2NO3/c1-9-13(19)5-4-11-12(18(22)23)8-15(21-17(9)11)10-3-6-16(24-2)14(20)7-10/h3-8H,1-2H3,(H,22,23). The van der Waals surface area contributed by atoms with Crippen molar-refractivity contribution in [2.45, 2.75) is 6.92 Å². The van der Waals surface area contributed by atoms with Crippen molar-refractivity contribution in [3.63, 3.8) is 0 Å². The summed E-state index contributed by atoms with van der Waals surface area (Å²) < 4.78 is 5.14. The normalized spacial score (nSPS) is 10.8. The van der Waals surface area contributed by atoms with Gasteiger partial charge >= 0.3 is 5.97 Å². The third kappa shape index (κ3) is 2.79. The minimum Gasteiger partial charge on any atom is -0.495 e. The van der Waals surface area contributed by atoms with Crippen LogP contribution in [0.5, 0.6) is 5.75 Å². The molecule has 0 spiro atoms.